The molecule has 4 rings (SSSR count). The van der Waals surface area contributed by atoms with Crippen LogP contribution in [-0.4, -0.2) is 26.4 Å². The molecule has 1 aliphatic rings. The number of nitrogens with zero attached hydrogens (tertiary/aromatic N) is 4. The predicted molar refractivity (Wildman–Crippen MR) is 115 cm³/mol. The van der Waals surface area contributed by atoms with E-state index in [4.69, 9.17) is 0 Å². The van der Waals surface area contributed by atoms with Crippen LogP contribution in [0.2, 0.25) is 0 Å². The van der Waals surface area contributed by atoms with Gasteiger partial charge in [0.2, 0.25) is 5.91 Å². The zero-order valence-corrected chi connectivity index (χ0v) is 17.8. The van der Waals surface area contributed by atoms with Gasteiger partial charge in [-0.05, 0) is 36.8 Å². The van der Waals surface area contributed by atoms with Gasteiger partial charge in [-0.3, -0.25) is 4.79 Å². The zero-order valence-electron chi connectivity index (χ0n) is 16.1. The van der Waals surface area contributed by atoms with Gasteiger partial charge in [-0.15, -0.1) is 21.5 Å². The van der Waals surface area contributed by atoms with E-state index in [0.717, 1.165) is 37.1 Å². The molecule has 0 fully saturated rings. The van der Waals surface area contributed by atoms with Crippen LogP contribution in [0.4, 0.5) is 5.00 Å². The Morgan fingerprint density at radius 2 is 2.07 bits per heavy atom. The first-order valence-corrected chi connectivity index (χ1v) is 11.4. The van der Waals surface area contributed by atoms with E-state index in [1.165, 1.54) is 22.2 Å². The predicted octanol–water partition coefficient (Wildman–Crippen LogP) is 3.95. The number of rotatable bonds is 6. The van der Waals surface area contributed by atoms with Gasteiger partial charge in [-0.25, -0.2) is 0 Å². The number of nitriles is 1. The van der Waals surface area contributed by atoms with Crippen LogP contribution in [0.25, 0.3) is 0 Å². The molecule has 29 heavy (non-hydrogen) atoms. The normalized spacial score (nSPS) is 13.0. The van der Waals surface area contributed by atoms with Gasteiger partial charge in [0, 0.05) is 18.3 Å². The van der Waals surface area contributed by atoms with Crippen LogP contribution in [0.3, 0.4) is 0 Å². The lowest BCUT2D eigenvalue weighted by molar-refractivity contribution is -0.113. The second-order valence-corrected chi connectivity index (χ2v) is 9.03. The summed E-state index contributed by atoms with van der Waals surface area (Å²) in [5, 5.41) is 22.3. The van der Waals surface area contributed by atoms with Crippen molar-refractivity contribution >= 4 is 34.0 Å². The average molecular weight is 424 g/mol. The fourth-order valence-electron chi connectivity index (χ4n) is 3.47. The lowest BCUT2D eigenvalue weighted by Crippen LogP contribution is -2.14. The maximum atomic E-state index is 12.5. The second-order valence-electron chi connectivity index (χ2n) is 6.98. The summed E-state index contributed by atoms with van der Waals surface area (Å²) >= 11 is 2.90. The average Bonchev–Trinajstić information content (AvgIpc) is 3.27. The first kappa shape index (κ1) is 19.7. The molecule has 0 aliphatic heterocycles. The van der Waals surface area contributed by atoms with Crippen molar-refractivity contribution in [2.24, 2.45) is 7.05 Å². The van der Waals surface area contributed by atoms with Crippen LogP contribution < -0.4 is 5.32 Å². The van der Waals surface area contributed by atoms with Crippen molar-refractivity contribution in [3.63, 3.8) is 0 Å². The summed E-state index contributed by atoms with van der Waals surface area (Å²) in [5.41, 5.74) is 2.94. The number of aryl methyl sites for hydroxylation is 1. The number of amides is 1. The van der Waals surface area contributed by atoms with Gasteiger partial charge in [0.1, 0.15) is 16.9 Å². The first-order valence-electron chi connectivity index (χ1n) is 9.55. The Kier molecular flexibility index (Phi) is 5.97. The van der Waals surface area contributed by atoms with Crippen LogP contribution in [0.1, 0.15) is 40.2 Å². The molecule has 0 atom stereocenters. The van der Waals surface area contributed by atoms with Crippen LogP contribution in [0.15, 0.2) is 35.5 Å². The van der Waals surface area contributed by atoms with Gasteiger partial charge in [0.15, 0.2) is 5.16 Å². The molecule has 0 saturated carbocycles. The molecule has 6 nitrogen and oxygen atoms in total. The van der Waals surface area contributed by atoms with Gasteiger partial charge in [0.05, 0.1) is 11.3 Å². The van der Waals surface area contributed by atoms with Gasteiger partial charge < -0.3 is 9.88 Å². The van der Waals surface area contributed by atoms with Crippen molar-refractivity contribution in [3.05, 3.63) is 57.7 Å². The Balaban J connectivity index is 1.38. The molecule has 0 unspecified atom stereocenters. The summed E-state index contributed by atoms with van der Waals surface area (Å²) in [6.45, 7) is 0. The molecule has 0 bridgehead atoms. The fourth-order valence-corrected chi connectivity index (χ4v) is 5.45. The molecule has 2 heterocycles. The Labute approximate surface area is 178 Å². The number of carbonyl (C=O) groups excluding carboxylic acids is 1. The van der Waals surface area contributed by atoms with Crippen LogP contribution in [0, 0.1) is 11.3 Å². The molecular formula is C21H21N5OS2. The highest BCUT2D eigenvalue weighted by molar-refractivity contribution is 7.99. The summed E-state index contributed by atoms with van der Waals surface area (Å²) in [6.07, 6.45) is 4.90. The summed E-state index contributed by atoms with van der Waals surface area (Å²) in [6, 6.07) is 12.4. The van der Waals surface area contributed by atoms with E-state index in [-0.39, 0.29) is 11.7 Å². The Bertz CT molecular complexity index is 1060. The first-order chi connectivity index (χ1) is 14.2. The van der Waals surface area contributed by atoms with E-state index < -0.39 is 0 Å². The number of thioether (sulfide) groups is 1. The number of anilines is 1. The lowest BCUT2D eigenvalue weighted by Gasteiger charge is -2.09. The number of fused-ring (bicyclic) bond motifs is 1. The molecule has 1 aliphatic carbocycles. The molecule has 3 aromatic rings. The molecule has 0 radical (unpaired) electrons. The van der Waals surface area contributed by atoms with Gasteiger partial charge >= 0.3 is 0 Å². The quantitative estimate of drug-likeness (QED) is 0.607. The second kappa shape index (κ2) is 8.80. The SMILES string of the molecule is Cn1c(Cc2ccccc2)nnc1SCC(=O)Nc1sc2c(c1C#N)CCCC2. The molecule has 148 valence electrons. The zero-order chi connectivity index (χ0) is 20.2. The summed E-state index contributed by atoms with van der Waals surface area (Å²) in [4.78, 5) is 13.7. The van der Waals surface area contributed by atoms with Gasteiger partial charge in [-0.2, -0.15) is 5.26 Å². The third-order valence-corrected chi connectivity index (χ3v) is 7.23. The number of thiophene rings is 1. The van der Waals surface area contributed by atoms with E-state index in [2.05, 4.69) is 33.7 Å². The Hall–Kier alpha value is -2.63. The molecule has 8 heteroatoms. The topological polar surface area (TPSA) is 83.6 Å². The van der Waals surface area contributed by atoms with Crippen molar-refractivity contribution in [3.8, 4) is 6.07 Å². The molecule has 0 spiro atoms. The van der Waals surface area contributed by atoms with Crippen molar-refractivity contribution in [1.29, 1.82) is 5.26 Å². The highest BCUT2D eigenvalue weighted by Gasteiger charge is 2.22. The molecule has 1 N–H and O–H groups in total. The minimum absolute atomic E-state index is 0.127. The number of aromatic nitrogens is 3. The number of benzene rings is 1. The highest BCUT2D eigenvalue weighted by Crippen LogP contribution is 2.37. The highest BCUT2D eigenvalue weighted by atomic mass is 32.2. The number of carbonyl (C=O) groups is 1. The molecular weight excluding hydrogens is 402 g/mol. The minimum atomic E-state index is -0.127. The molecule has 0 saturated heterocycles. The minimum Gasteiger partial charge on any atom is -0.316 e. The molecule has 1 aromatic carbocycles. The Morgan fingerprint density at radius 3 is 2.86 bits per heavy atom. The third kappa shape index (κ3) is 4.36. The van der Waals surface area contributed by atoms with E-state index in [1.54, 1.807) is 11.3 Å². The molecule has 1 amide bonds. The van der Waals surface area contributed by atoms with Gasteiger partial charge in [-0.1, -0.05) is 42.1 Å². The standard InChI is InChI=1S/C21H21N5OS2/c1-26-18(11-14-7-3-2-4-8-14)24-25-21(26)28-13-19(27)23-20-16(12-22)15-9-5-6-10-17(15)29-20/h2-4,7-8H,5-6,9-11,13H2,1H3,(H,23,27). The van der Waals surface area contributed by atoms with Crippen molar-refractivity contribution in [2.45, 2.75) is 37.3 Å². The summed E-state index contributed by atoms with van der Waals surface area (Å²) in [7, 11) is 1.92. The monoisotopic (exact) mass is 423 g/mol. The fraction of sp³-hybridized carbons (Fsp3) is 0.333. The van der Waals surface area contributed by atoms with Crippen LogP contribution >= 0.6 is 23.1 Å². The number of hydrogen-bond donors (Lipinski definition) is 1. The van der Waals surface area contributed by atoms with Crippen molar-refractivity contribution in [1.82, 2.24) is 14.8 Å². The van der Waals surface area contributed by atoms with Gasteiger partial charge in [0.25, 0.3) is 0 Å². The van der Waals surface area contributed by atoms with Crippen LogP contribution in [-0.2, 0) is 31.1 Å². The van der Waals surface area contributed by atoms with E-state index >= 15 is 0 Å². The Morgan fingerprint density at radius 1 is 1.28 bits per heavy atom. The van der Waals surface area contributed by atoms with E-state index in [0.29, 0.717) is 22.1 Å². The number of nitrogens with one attached hydrogen (secondary N) is 1. The maximum absolute atomic E-state index is 12.5. The van der Waals surface area contributed by atoms with E-state index in [1.807, 2.05) is 29.8 Å². The maximum Gasteiger partial charge on any atom is 0.235 e. The molecule has 2 aromatic heterocycles. The third-order valence-electron chi connectivity index (χ3n) is 5.00. The smallest absolute Gasteiger partial charge is 0.235 e. The largest absolute Gasteiger partial charge is 0.316 e. The summed E-state index contributed by atoms with van der Waals surface area (Å²) < 4.78 is 1.93. The summed E-state index contributed by atoms with van der Waals surface area (Å²) in [5.74, 6) is 0.958. The van der Waals surface area contributed by atoms with Crippen LogP contribution in [0.5, 0.6) is 0 Å². The van der Waals surface area contributed by atoms with Crippen molar-refractivity contribution < 1.29 is 4.79 Å². The number of hydrogen-bond acceptors (Lipinski definition) is 6. The van der Waals surface area contributed by atoms with E-state index in [9.17, 15) is 10.1 Å². The van der Waals surface area contributed by atoms with Crippen molar-refractivity contribution in [2.75, 3.05) is 11.1 Å². The lowest BCUT2D eigenvalue weighted by atomic mass is 9.96.